The molecule has 1 atom stereocenters. The molecule has 0 radical (unpaired) electrons. The molecule has 0 saturated carbocycles. The smallest absolute Gasteiger partial charge is 0.229 e. The summed E-state index contributed by atoms with van der Waals surface area (Å²) in [7, 11) is 1.80. The fourth-order valence-electron chi connectivity index (χ4n) is 4.85. The van der Waals surface area contributed by atoms with Gasteiger partial charge >= 0.3 is 0 Å². The molecule has 1 aromatic rings. The molecular formula is C22H34IN5O2. The Morgan fingerprint density at radius 2 is 1.90 bits per heavy atom. The van der Waals surface area contributed by atoms with Gasteiger partial charge in [0.15, 0.2) is 5.96 Å². The molecule has 0 aromatic heterocycles. The van der Waals surface area contributed by atoms with Crippen molar-refractivity contribution in [2.75, 3.05) is 51.3 Å². The molecule has 0 aliphatic carbocycles. The maximum absolute atomic E-state index is 12.5. The summed E-state index contributed by atoms with van der Waals surface area (Å²) in [5.41, 5.74) is 1.11. The van der Waals surface area contributed by atoms with E-state index in [1.54, 1.807) is 7.05 Å². The topological polar surface area (TPSA) is 69.2 Å². The van der Waals surface area contributed by atoms with Crippen molar-refractivity contribution in [1.29, 1.82) is 0 Å². The number of benzene rings is 1. The number of amides is 1. The van der Waals surface area contributed by atoms with E-state index in [1.807, 2.05) is 35.2 Å². The number of guanidine groups is 1. The molecule has 0 bridgehead atoms. The van der Waals surface area contributed by atoms with Gasteiger partial charge in [0, 0.05) is 51.0 Å². The lowest BCUT2D eigenvalue weighted by Crippen LogP contribution is -2.59. The lowest BCUT2D eigenvalue weighted by Gasteiger charge is -2.45. The molecule has 30 heavy (non-hydrogen) atoms. The third-order valence-corrected chi connectivity index (χ3v) is 6.54. The maximum atomic E-state index is 12.5. The standard InChI is InChI=1S/C22H33N5O2.HI/c1-23-21(24-17-22(9-13-29-14-10-22)26-11-5-6-12-26)25-18-15-20(28)27(16-18)19-7-3-2-4-8-19;/h2-4,7-8,18H,5-6,9-17H2,1H3,(H2,23,24,25);1H. The van der Waals surface area contributed by atoms with E-state index in [-0.39, 0.29) is 41.5 Å². The number of carbonyl (C=O) groups excluding carboxylic acids is 1. The molecule has 3 saturated heterocycles. The zero-order valence-electron chi connectivity index (χ0n) is 17.8. The summed E-state index contributed by atoms with van der Waals surface area (Å²) < 4.78 is 5.65. The number of para-hydroxylation sites is 1. The average Bonchev–Trinajstić information content (AvgIpc) is 3.43. The van der Waals surface area contributed by atoms with Gasteiger partial charge in [0.1, 0.15) is 0 Å². The third-order valence-electron chi connectivity index (χ3n) is 6.54. The van der Waals surface area contributed by atoms with E-state index < -0.39 is 0 Å². The van der Waals surface area contributed by atoms with Gasteiger partial charge in [0.25, 0.3) is 0 Å². The van der Waals surface area contributed by atoms with Gasteiger partial charge in [0.05, 0.1) is 6.04 Å². The van der Waals surface area contributed by atoms with E-state index in [2.05, 4.69) is 20.5 Å². The quantitative estimate of drug-likeness (QED) is 0.349. The first kappa shape index (κ1) is 23.3. The zero-order valence-corrected chi connectivity index (χ0v) is 20.1. The minimum absolute atomic E-state index is 0. The van der Waals surface area contributed by atoms with Crippen molar-refractivity contribution in [1.82, 2.24) is 15.5 Å². The summed E-state index contributed by atoms with van der Waals surface area (Å²) >= 11 is 0. The van der Waals surface area contributed by atoms with Crippen molar-refractivity contribution in [3.63, 3.8) is 0 Å². The Bertz CT molecular complexity index is 717. The lowest BCUT2D eigenvalue weighted by atomic mass is 9.88. The van der Waals surface area contributed by atoms with Crippen LogP contribution in [-0.2, 0) is 9.53 Å². The minimum Gasteiger partial charge on any atom is -0.381 e. The highest BCUT2D eigenvalue weighted by molar-refractivity contribution is 14.0. The number of likely N-dealkylation sites (tertiary alicyclic amines) is 1. The first-order valence-electron chi connectivity index (χ1n) is 10.9. The molecule has 1 amide bonds. The number of anilines is 1. The molecule has 8 heteroatoms. The Morgan fingerprint density at radius 1 is 1.20 bits per heavy atom. The number of ether oxygens (including phenoxy) is 1. The summed E-state index contributed by atoms with van der Waals surface area (Å²) in [6.45, 7) is 5.53. The fraction of sp³-hybridized carbons (Fsp3) is 0.636. The van der Waals surface area contributed by atoms with Gasteiger partial charge in [-0.2, -0.15) is 0 Å². The van der Waals surface area contributed by atoms with Crippen molar-refractivity contribution in [2.45, 2.75) is 43.7 Å². The first-order chi connectivity index (χ1) is 14.2. The van der Waals surface area contributed by atoms with Crippen molar-refractivity contribution >= 4 is 41.5 Å². The van der Waals surface area contributed by atoms with Gasteiger partial charge in [-0.25, -0.2) is 0 Å². The van der Waals surface area contributed by atoms with Crippen LogP contribution in [0.2, 0.25) is 0 Å². The second-order valence-corrected chi connectivity index (χ2v) is 8.34. The maximum Gasteiger partial charge on any atom is 0.229 e. The average molecular weight is 527 g/mol. The molecule has 2 N–H and O–H groups in total. The van der Waals surface area contributed by atoms with Crippen LogP contribution in [0, 0.1) is 0 Å². The summed E-state index contributed by atoms with van der Waals surface area (Å²) in [5, 5.41) is 7.03. The highest BCUT2D eigenvalue weighted by atomic mass is 127. The van der Waals surface area contributed by atoms with Gasteiger partial charge in [-0.15, -0.1) is 24.0 Å². The highest BCUT2D eigenvalue weighted by Gasteiger charge is 2.40. The van der Waals surface area contributed by atoms with Crippen LogP contribution >= 0.6 is 24.0 Å². The van der Waals surface area contributed by atoms with Crippen molar-refractivity contribution in [2.24, 2.45) is 4.99 Å². The Kier molecular flexibility index (Phi) is 8.35. The van der Waals surface area contributed by atoms with Crippen LogP contribution in [0.5, 0.6) is 0 Å². The van der Waals surface area contributed by atoms with Crippen LogP contribution in [0.3, 0.4) is 0 Å². The predicted octanol–water partition coefficient (Wildman–Crippen LogP) is 2.22. The molecule has 3 heterocycles. The minimum atomic E-state index is 0. The largest absolute Gasteiger partial charge is 0.381 e. The number of halogens is 1. The van der Waals surface area contributed by atoms with Crippen molar-refractivity contribution < 1.29 is 9.53 Å². The number of carbonyl (C=O) groups is 1. The molecule has 1 unspecified atom stereocenters. The van der Waals surface area contributed by atoms with Crippen LogP contribution in [0.15, 0.2) is 35.3 Å². The van der Waals surface area contributed by atoms with E-state index in [0.29, 0.717) is 13.0 Å². The number of hydrogen-bond donors (Lipinski definition) is 2. The van der Waals surface area contributed by atoms with Crippen LogP contribution < -0.4 is 15.5 Å². The van der Waals surface area contributed by atoms with E-state index >= 15 is 0 Å². The highest BCUT2D eigenvalue weighted by Crippen LogP contribution is 2.30. The zero-order chi connectivity index (χ0) is 20.1. The molecule has 3 aliphatic rings. The van der Waals surface area contributed by atoms with Crippen LogP contribution in [-0.4, -0.2) is 74.8 Å². The second kappa shape index (κ2) is 10.8. The predicted molar refractivity (Wildman–Crippen MR) is 131 cm³/mol. The number of rotatable bonds is 5. The second-order valence-electron chi connectivity index (χ2n) is 8.34. The number of hydrogen-bond acceptors (Lipinski definition) is 4. The van der Waals surface area contributed by atoms with Crippen molar-refractivity contribution in [3.8, 4) is 0 Å². The van der Waals surface area contributed by atoms with Crippen LogP contribution in [0.1, 0.15) is 32.1 Å². The number of nitrogens with zero attached hydrogens (tertiary/aromatic N) is 3. The van der Waals surface area contributed by atoms with Crippen LogP contribution in [0.4, 0.5) is 5.69 Å². The summed E-state index contributed by atoms with van der Waals surface area (Å²) in [5.74, 6) is 0.935. The van der Waals surface area contributed by atoms with E-state index in [9.17, 15) is 4.79 Å². The van der Waals surface area contributed by atoms with Gasteiger partial charge in [-0.05, 0) is 50.9 Å². The Labute approximate surface area is 196 Å². The Balaban J connectivity index is 0.00000256. The number of nitrogens with one attached hydrogen (secondary N) is 2. The van der Waals surface area contributed by atoms with Crippen LogP contribution in [0.25, 0.3) is 0 Å². The van der Waals surface area contributed by atoms with E-state index in [1.165, 1.54) is 25.9 Å². The SMILES string of the molecule is CN=C(NCC1(N2CCCC2)CCOCC1)NC1CC(=O)N(c2ccccc2)C1.I. The fourth-order valence-corrected chi connectivity index (χ4v) is 4.85. The molecule has 166 valence electrons. The summed E-state index contributed by atoms with van der Waals surface area (Å²) in [6, 6.07) is 9.94. The normalized spacial score (nSPS) is 24.6. The summed E-state index contributed by atoms with van der Waals surface area (Å²) in [4.78, 5) is 21.4. The molecule has 3 fully saturated rings. The van der Waals surface area contributed by atoms with Crippen molar-refractivity contribution in [3.05, 3.63) is 30.3 Å². The molecule has 4 rings (SSSR count). The molecule has 7 nitrogen and oxygen atoms in total. The molecule has 3 aliphatic heterocycles. The van der Waals surface area contributed by atoms with Gasteiger partial charge in [-0.1, -0.05) is 18.2 Å². The van der Waals surface area contributed by atoms with Gasteiger partial charge < -0.3 is 20.3 Å². The first-order valence-corrected chi connectivity index (χ1v) is 10.9. The lowest BCUT2D eigenvalue weighted by molar-refractivity contribution is -0.117. The van der Waals surface area contributed by atoms with Gasteiger partial charge in [0.2, 0.25) is 5.91 Å². The Morgan fingerprint density at radius 3 is 2.57 bits per heavy atom. The summed E-state index contributed by atoms with van der Waals surface area (Å²) in [6.07, 6.45) is 5.17. The monoisotopic (exact) mass is 527 g/mol. The number of aliphatic imine (C=N–C) groups is 1. The van der Waals surface area contributed by atoms with Gasteiger partial charge in [-0.3, -0.25) is 14.7 Å². The van der Waals surface area contributed by atoms with E-state index in [0.717, 1.165) is 44.2 Å². The van der Waals surface area contributed by atoms with E-state index in [4.69, 9.17) is 4.74 Å². The molecule has 0 spiro atoms. The Hall–Kier alpha value is -1.39. The third kappa shape index (κ3) is 5.26. The molecule has 1 aromatic carbocycles. The molecular weight excluding hydrogens is 493 g/mol.